The Bertz CT molecular complexity index is 997. The van der Waals surface area contributed by atoms with Gasteiger partial charge in [0.15, 0.2) is 0 Å². The van der Waals surface area contributed by atoms with Gasteiger partial charge in [-0.25, -0.2) is 0 Å². The van der Waals surface area contributed by atoms with Crippen LogP contribution in [0.15, 0.2) is 103 Å². The second-order valence-corrected chi connectivity index (χ2v) is 9.78. The van der Waals surface area contributed by atoms with E-state index in [-0.39, 0.29) is 0 Å². The summed E-state index contributed by atoms with van der Waals surface area (Å²) < 4.78 is 4.15. The first-order valence-electron chi connectivity index (χ1n) is 8.64. The molecule has 0 saturated carbocycles. The van der Waals surface area contributed by atoms with Crippen LogP contribution in [0.25, 0.3) is 33.4 Å². The van der Waals surface area contributed by atoms with Crippen LogP contribution < -0.4 is 0 Å². The highest BCUT2D eigenvalue weighted by atomic mass is 79.9. The van der Waals surface area contributed by atoms with Crippen LogP contribution in [-0.4, -0.2) is 0 Å². The molecule has 0 aliphatic rings. The highest BCUT2D eigenvalue weighted by Crippen LogP contribution is 2.46. The third-order valence-corrected chi connectivity index (χ3v) is 7.05. The molecule has 138 valence electrons. The smallest absolute Gasteiger partial charge is 0.0272 e. The SMILES string of the molecule is Brc1cc(-c2ccccc2)cc(Br)c1-c1c(Br)cc(-c2ccccc2)cc1Br. The first-order valence-corrected chi connectivity index (χ1v) is 11.8. The van der Waals surface area contributed by atoms with Crippen LogP contribution in [-0.2, 0) is 0 Å². The van der Waals surface area contributed by atoms with Gasteiger partial charge in [-0.05, 0) is 46.5 Å². The van der Waals surface area contributed by atoms with Crippen LogP contribution in [0.2, 0.25) is 0 Å². The van der Waals surface area contributed by atoms with Crippen molar-refractivity contribution in [2.24, 2.45) is 0 Å². The molecular formula is C24H14Br4. The lowest BCUT2D eigenvalue weighted by Gasteiger charge is -2.16. The van der Waals surface area contributed by atoms with Gasteiger partial charge in [0.1, 0.15) is 0 Å². The van der Waals surface area contributed by atoms with Crippen LogP contribution in [0, 0.1) is 0 Å². The summed E-state index contributed by atoms with van der Waals surface area (Å²) in [6.45, 7) is 0. The molecular weight excluding hydrogens is 608 g/mol. The van der Waals surface area contributed by atoms with E-state index in [1.807, 2.05) is 12.1 Å². The molecule has 0 aliphatic heterocycles. The Labute approximate surface area is 198 Å². The molecule has 0 bridgehead atoms. The Morgan fingerprint density at radius 1 is 0.357 bits per heavy atom. The van der Waals surface area contributed by atoms with E-state index >= 15 is 0 Å². The molecule has 0 heterocycles. The normalized spacial score (nSPS) is 10.9. The van der Waals surface area contributed by atoms with E-state index < -0.39 is 0 Å². The summed E-state index contributed by atoms with van der Waals surface area (Å²) in [5, 5.41) is 0. The third kappa shape index (κ3) is 4.06. The van der Waals surface area contributed by atoms with Crippen molar-refractivity contribution in [1.82, 2.24) is 0 Å². The zero-order valence-corrected chi connectivity index (χ0v) is 20.9. The maximum Gasteiger partial charge on any atom is 0.0272 e. The number of hydrogen-bond donors (Lipinski definition) is 0. The van der Waals surface area contributed by atoms with E-state index in [2.05, 4.69) is 137 Å². The van der Waals surface area contributed by atoms with Crippen molar-refractivity contribution in [3.63, 3.8) is 0 Å². The molecule has 0 aromatic heterocycles. The van der Waals surface area contributed by atoms with Gasteiger partial charge >= 0.3 is 0 Å². The minimum absolute atomic E-state index is 1.04. The molecule has 0 unspecified atom stereocenters. The molecule has 0 aliphatic carbocycles. The predicted molar refractivity (Wildman–Crippen MR) is 134 cm³/mol. The Kier molecular flexibility index (Phi) is 6.21. The second kappa shape index (κ2) is 8.66. The van der Waals surface area contributed by atoms with E-state index in [9.17, 15) is 0 Å². The summed E-state index contributed by atoms with van der Waals surface area (Å²) in [5.74, 6) is 0. The van der Waals surface area contributed by atoms with Crippen LogP contribution in [0.5, 0.6) is 0 Å². The van der Waals surface area contributed by atoms with Gasteiger partial charge in [0.2, 0.25) is 0 Å². The zero-order chi connectivity index (χ0) is 19.7. The van der Waals surface area contributed by atoms with E-state index in [1.54, 1.807) is 0 Å². The fourth-order valence-corrected chi connectivity index (χ4v) is 6.38. The lowest BCUT2D eigenvalue weighted by Crippen LogP contribution is -1.90. The average Bonchev–Trinajstić information content (AvgIpc) is 2.70. The zero-order valence-electron chi connectivity index (χ0n) is 14.6. The first-order chi connectivity index (χ1) is 13.5. The van der Waals surface area contributed by atoms with Gasteiger partial charge in [-0.2, -0.15) is 0 Å². The van der Waals surface area contributed by atoms with Gasteiger partial charge in [0, 0.05) is 29.0 Å². The predicted octanol–water partition coefficient (Wildman–Crippen LogP) is 9.74. The Morgan fingerprint density at radius 2 is 0.643 bits per heavy atom. The summed E-state index contributed by atoms with van der Waals surface area (Å²) in [6, 6.07) is 29.4. The molecule has 4 heteroatoms. The van der Waals surface area contributed by atoms with E-state index in [0.29, 0.717) is 0 Å². The standard InChI is InChI=1S/C24H14Br4/c25-19-11-17(15-7-3-1-4-8-15)12-20(26)23(19)24-21(27)13-18(14-22(24)28)16-9-5-2-6-10-16/h1-14H. The molecule has 4 rings (SSSR count). The number of benzene rings is 4. The second-order valence-electron chi connectivity index (χ2n) is 6.36. The van der Waals surface area contributed by atoms with Crippen LogP contribution in [0.4, 0.5) is 0 Å². The van der Waals surface area contributed by atoms with Gasteiger partial charge in [-0.15, -0.1) is 0 Å². The molecule has 0 radical (unpaired) electrons. The molecule has 4 aromatic rings. The largest absolute Gasteiger partial charge is 0.0622 e. The van der Waals surface area contributed by atoms with Crippen LogP contribution >= 0.6 is 63.7 Å². The molecule has 28 heavy (non-hydrogen) atoms. The molecule has 0 N–H and O–H groups in total. The molecule has 4 aromatic carbocycles. The fraction of sp³-hybridized carbons (Fsp3) is 0. The van der Waals surface area contributed by atoms with Crippen molar-refractivity contribution >= 4 is 63.7 Å². The van der Waals surface area contributed by atoms with E-state index in [4.69, 9.17) is 0 Å². The topological polar surface area (TPSA) is 0 Å². The van der Waals surface area contributed by atoms with Crippen LogP contribution in [0.1, 0.15) is 0 Å². The highest BCUT2D eigenvalue weighted by Gasteiger charge is 2.17. The van der Waals surface area contributed by atoms with Crippen molar-refractivity contribution in [2.75, 3.05) is 0 Å². The highest BCUT2D eigenvalue weighted by molar-refractivity contribution is 9.11. The number of rotatable bonds is 3. The molecule has 0 atom stereocenters. The van der Waals surface area contributed by atoms with Gasteiger partial charge in [0.25, 0.3) is 0 Å². The van der Waals surface area contributed by atoms with Gasteiger partial charge in [-0.1, -0.05) is 124 Å². The summed E-state index contributed by atoms with van der Waals surface area (Å²) in [7, 11) is 0. The summed E-state index contributed by atoms with van der Waals surface area (Å²) in [4.78, 5) is 0. The van der Waals surface area contributed by atoms with Crippen molar-refractivity contribution < 1.29 is 0 Å². The quantitative estimate of drug-likeness (QED) is 0.214. The maximum atomic E-state index is 3.79. The van der Waals surface area contributed by atoms with Gasteiger partial charge in [-0.3, -0.25) is 0 Å². The lowest BCUT2D eigenvalue weighted by molar-refractivity contribution is 1.49. The first kappa shape index (κ1) is 20.1. The van der Waals surface area contributed by atoms with Crippen molar-refractivity contribution in [3.8, 4) is 33.4 Å². The fourth-order valence-electron chi connectivity index (χ4n) is 3.22. The molecule has 0 fully saturated rings. The third-order valence-electron chi connectivity index (χ3n) is 4.55. The average molecular weight is 622 g/mol. The molecule has 0 saturated heterocycles. The van der Waals surface area contributed by atoms with Gasteiger partial charge < -0.3 is 0 Å². The van der Waals surface area contributed by atoms with Crippen LogP contribution in [0.3, 0.4) is 0 Å². The number of hydrogen-bond acceptors (Lipinski definition) is 0. The van der Waals surface area contributed by atoms with E-state index in [0.717, 1.165) is 40.1 Å². The Hall–Kier alpha value is -1.20. The monoisotopic (exact) mass is 618 g/mol. The Balaban J connectivity index is 1.83. The van der Waals surface area contributed by atoms with Crippen molar-refractivity contribution in [1.29, 1.82) is 0 Å². The van der Waals surface area contributed by atoms with Crippen molar-refractivity contribution in [3.05, 3.63) is 103 Å². The van der Waals surface area contributed by atoms with Gasteiger partial charge in [0.05, 0.1) is 0 Å². The minimum atomic E-state index is 1.04. The lowest BCUT2D eigenvalue weighted by atomic mass is 9.98. The van der Waals surface area contributed by atoms with E-state index in [1.165, 1.54) is 11.1 Å². The molecule has 0 nitrogen and oxygen atoms in total. The molecule has 0 amide bonds. The summed E-state index contributed by atoms with van der Waals surface area (Å²) in [6.07, 6.45) is 0. The summed E-state index contributed by atoms with van der Waals surface area (Å²) >= 11 is 15.2. The minimum Gasteiger partial charge on any atom is -0.0622 e. The molecule has 0 spiro atoms. The summed E-state index contributed by atoms with van der Waals surface area (Å²) in [5.41, 5.74) is 6.92. The number of halogens is 4. The Morgan fingerprint density at radius 3 is 0.929 bits per heavy atom. The van der Waals surface area contributed by atoms with Crippen molar-refractivity contribution in [2.45, 2.75) is 0 Å². The maximum absolute atomic E-state index is 3.79.